The molecule has 1 aliphatic rings. The first-order valence-corrected chi connectivity index (χ1v) is 6.95. The number of carbonyl (C=O) groups excluding carboxylic acids is 1. The number of carboxylic acid groups (broad SMARTS) is 1. The molecule has 1 aromatic rings. The van der Waals surface area contributed by atoms with Gasteiger partial charge in [0.25, 0.3) is 0 Å². The number of halogens is 1. The maximum atomic E-state index is 11.8. The summed E-state index contributed by atoms with van der Waals surface area (Å²) in [7, 11) is 0. The normalized spacial score (nSPS) is 20.5. The molecule has 2 atom stereocenters. The summed E-state index contributed by atoms with van der Waals surface area (Å²) in [6.45, 7) is 2.33. The predicted octanol–water partition coefficient (Wildman–Crippen LogP) is 2.36. The summed E-state index contributed by atoms with van der Waals surface area (Å²) in [5, 5.41) is 15.0. The van der Waals surface area contributed by atoms with Crippen LogP contribution in [0, 0.1) is 5.92 Å². The Hall–Kier alpha value is -1.59. The molecule has 0 spiro atoms. The third kappa shape index (κ3) is 3.71. The van der Waals surface area contributed by atoms with Crippen LogP contribution in [0.5, 0.6) is 0 Å². The van der Waals surface area contributed by atoms with Gasteiger partial charge in [0, 0.05) is 6.04 Å². The number of carboxylic acids is 1. The van der Waals surface area contributed by atoms with Crippen molar-refractivity contribution in [2.45, 2.75) is 25.8 Å². The highest BCUT2D eigenvalue weighted by Gasteiger charge is 2.34. The lowest BCUT2D eigenvalue weighted by Gasteiger charge is -2.09. The van der Waals surface area contributed by atoms with Gasteiger partial charge in [-0.05, 0) is 30.5 Å². The smallest absolute Gasteiger partial charge is 0.335 e. The van der Waals surface area contributed by atoms with Crippen LogP contribution in [0.15, 0.2) is 18.2 Å². The Balaban J connectivity index is 1.90. The van der Waals surface area contributed by atoms with E-state index in [2.05, 4.69) is 17.6 Å². The zero-order valence-electron chi connectivity index (χ0n) is 11.1. The topological polar surface area (TPSA) is 78.4 Å². The SMILES string of the molecule is CCC1CC1NCC(=O)Nc1cc(C(=O)O)ccc1Cl. The van der Waals surface area contributed by atoms with Gasteiger partial charge in [0.15, 0.2) is 0 Å². The van der Waals surface area contributed by atoms with E-state index in [1.165, 1.54) is 18.2 Å². The molecule has 2 rings (SSSR count). The molecule has 1 aliphatic carbocycles. The minimum absolute atomic E-state index is 0.0888. The average Bonchev–Trinajstić information content (AvgIpc) is 3.17. The summed E-state index contributed by atoms with van der Waals surface area (Å²) in [6, 6.07) is 4.64. The number of nitrogens with one attached hydrogen (secondary N) is 2. The van der Waals surface area contributed by atoms with E-state index in [0.29, 0.717) is 22.7 Å². The first-order chi connectivity index (χ1) is 9.51. The van der Waals surface area contributed by atoms with Gasteiger partial charge in [-0.1, -0.05) is 24.9 Å². The molecule has 20 heavy (non-hydrogen) atoms. The molecule has 0 saturated heterocycles. The summed E-state index contributed by atoms with van der Waals surface area (Å²) in [4.78, 5) is 22.7. The lowest BCUT2D eigenvalue weighted by atomic mass is 10.2. The van der Waals surface area contributed by atoms with Gasteiger partial charge in [0.05, 0.1) is 22.8 Å². The summed E-state index contributed by atoms with van der Waals surface area (Å²) in [6.07, 6.45) is 2.23. The zero-order valence-corrected chi connectivity index (χ0v) is 11.9. The molecule has 0 aromatic heterocycles. The van der Waals surface area contributed by atoms with E-state index in [1.54, 1.807) is 0 Å². The molecular weight excluding hydrogens is 280 g/mol. The van der Waals surface area contributed by atoms with Crippen molar-refractivity contribution >= 4 is 29.2 Å². The third-order valence-corrected chi connectivity index (χ3v) is 3.79. The average molecular weight is 297 g/mol. The molecule has 3 N–H and O–H groups in total. The minimum atomic E-state index is -1.06. The Morgan fingerprint density at radius 1 is 1.45 bits per heavy atom. The van der Waals surface area contributed by atoms with E-state index < -0.39 is 5.97 Å². The number of hydrogen-bond donors (Lipinski definition) is 3. The number of aromatic carboxylic acids is 1. The molecule has 0 radical (unpaired) electrons. The molecule has 1 amide bonds. The molecule has 6 heteroatoms. The van der Waals surface area contributed by atoms with E-state index in [-0.39, 0.29) is 18.0 Å². The van der Waals surface area contributed by atoms with Crippen molar-refractivity contribution in [3.63, 3.8) is 0 Å². The quantitative estimate of drug-likeness (QED) is 0.753. The van der Waals surface area contributed by atoms with Gasteiger partial charge >= 0.3 is 5.97 Å². The monoisotopic (exact) mass is 296 g/mol. The van der Waals surface area contributed by atoms with Crippen LogP contribution < -0.4 is 10.6 Å². The van der Waals surface area contributed by atoms with Crippen LogP contribution in [-0.2, 0) is 4.79 Å². The molecule has 0 bridgehead atoms. The van der Waals surface area contributed by atoms with Crippen molar-refractivity contribution < 1.29 is 14.7 Å². The van der Waals surface area contributed by atoms with Gasteiger partial charge in [-0.25, -0.2) is 4.79 Å². The first-order valence-electron chi connectivity index (χ1n) is 6.57. The number of anilines is 1. The first kappa shape index (κ1) is 14.8. The van der Waals surface area contributed by atoms with Crippen LogP contribution in [0.25, 0.3) is 0 Å². The van der Waals surface area contributed by atoms with Gasteiger partial charge in [0.1, 0.15) is 0 Å². The number of carbonyl (C=O) groups is 2. The molecule has 2 unspecified atom stereocenters. The maximum absolute atomic E-state index is 11.8. The standard InChI is InChI=1S/C14H17ClN2O3/c1-2-8-5-11(8)16-7-13(18)17-12-6-9(14(19)20)3-4-10(12)15/h3-4,6,8,11,16H,2,5,7H2,1H3,(H,17,18)(H,19,20). The lowest BCUT2D eigenvalue weighted by molar-refractivity contribution is -0.115. The predicted molar refractivity (Wildman–Crippen MR) is 77.2 cm³/mol. The molecule has 108 valence electrons. The van der Waals surface area contributed by atoms with Crippen molar-refractivity contribution in [2.24, 2.45) is 5.92 Å². The molecule has 1 fully saturated rings. The number of benzene rings is 1. The number of amides is 1. The molecule has 1 saturated carbocycles. The molecule has 0 aliphatic heterocycles. The highest BCUT2D eigenvalue weighted by molar-refractivity contribution is 6.33. The van der Waals surface area contributed by atoms with Crippen LogP contribution in [0.3, 0.4) is 0 Å². The fourth-order valence-corrected chi connectivity index (χ4v) is 2.29. The Morgan fingerprint density at radius 3 is 2.80 bits per heavy atom. The largest absolute Gasteiger partial charge is 0.478 e. The highest BCUT2D eigenvalue weighted by atomic mass is 35.5. The van der Waals surface area contributed by atoms with Gasteiger partial charge in [0.2, 0.25) is 5.91 Å². The second kappa shape index (κ2) is 6.24. The third-order valence-electron chi connectivity index (χ3n) is 3.46. The highest BCUT2D eigenvalue weighted by Crippen LogP contribution is 2.32. The van der Waals surface area contributed by atoms with Gasteiger partial charge in [-0.3, -0.25) is 4.79 Å². The minimum Gasteiger partial charge on any atom is -0.478 e. The van der Waals surface area contributed by atoms with Crippen molar-refractivity contribution in [3.05, 3.63) is 28.8 Å². The van der Waals surface area contributed by atoms with Crippen LogP contribution in [0.4, 0.5) is 5.69 Å². The second-order valence-electron chi connectivity index (χ2n) is 4.94. The Morgan fingerprint density at radius 2 is 2.20 bits per heavy atom. The number of rotatable bonds is 6. The summed E-state index contributed by atoms with van der Waals surface area (Å²) >= 11 is 5.94. The fraction of sp³-hybridized carbons (Fsp3) is 0.429. The van der Waals surface area contributed by atoms with Gasteiger partial charge in [-0.2, -0.15) is 0 Å². The van der Waals surface area contributed by atoms with E-state index in [9.17, 15) is 9.59 Å². The van der Waals surface area contributed by atoms with Crippen LogP contribution in [0.2, 0.25) is 5.02 Å². The van der Waals surface area contributed by atoms with E-state index in [0.717, 1.165) is 12.8 Å². The molecule has 5 nitrogen and oxygen atoms in total. The van der Waals surface area contributed by atoms with E-state index in [4.69, 9.17) is 16.7 Å². The van der Waals surface area contributed by atoms with Crippen LogP contribution in [0.1, 0.15) is 30.1 Å². The fourth-order valence-electron chi connectivity index (χ4n) is 2.12. The van der Waals surface area contributed by atoms with Crippen LogP contribution >= 0.6 is 11.6 Å². The Kier molecular flexibility index (Phi) is 4.62. The van der Waals surface area contributed by atoms with E-state index in [1.807, 2.05) is 0 Å². The van der Waals surface area contributed by atoms with Crippen molar-refractivity contribution in [1.82, 2.24) is 5.32 Å². The number of hydrogen-bond acceptors (Lipinski definition) is 3. The van der Waals surface area contributed by atoms with Crippen molar-refractivity contribution in [2.75, 3.05) is 11.9 Å². The Labute approximate surface area is 122 Å². The lowest BCUT2D eigenvalue weighted by Crippen LogP contribution is -2.30. The van der Waals surface area contributed by atoms with Gasteiger partial charge < -0.3 is 15.7 Å². The van der Waals surface area contributed by atoms with E-state index >= 15 is 0 Å². The summed E-state index contributed by atoms with van der Waals surface area (Å²) < 4.78 is 0. The summed E-state index contributed by atoms with van der Waals surface area (Å²) in [5.41, 5.74) is 0.409. The molecular formula is C14H17ClN2O3. The zero-order chi connectivity index (χ0) is 14.7. The maximum Gasteiger partial charge on any atom is 0.335 e. The van der Waals surface area contributed by atoms with Crippen molar-refractivity contribution in [3.8, 4) is 0 Å². The molecule has 0 heterocycles. The van der Waals surface area contributed by atoms with Gasteiger partial charge in [-0.15, -0.1) is 0 Å². The van der Waals surface area contributed by atoms with Crippen LogP contribution in [-0.4, -0.2) is 29.6 Å². The molecule has 1 aromatic carbocycles. The summed E-state index contributed by atoms with van der Waals surface area (Å²) in [5.74, 6) is -0.614. The van der Waals surface area contributed by atoms with Crippen molar-refractivity contribution in [1.29, 1.82) is 0 Å². The second-order valence-corrected chi connectivity index (χ2v) is 5.35. The Bertz CT molecular complexity index is 533.